The van der Waals surface area contributed by atoms with E-state index in [9.17, 15) is 14.4 Å². The molecular formula is C21H15N3O3. The monoisotopic (exact) mass is 357 g/mol. The Hall–Kier alpha value is -3.93. The number of benzene rings is 3. The normalized spacial score (nSPS) is 12.8. The predicted molar refractivity (Wildman–Crippen MR) is 103 cm³/mol. The number of para-hydroxylation sites is 1. The number of nitrogens with zero attached hydrogens (tertiary/aromatic N) is 1. The van der Waals surface area contributed by atoms with Crippen molar-refractivity contribution in [2.24, 2.45) is 0 Å². The summed E-state index contributed by atoms with van der Waals surface area (Å²) in [6, 6.07) is 19.9. The molecule has 3 aromatic rings. The molecule has 3 aromatic carbocycles. The van der Waals surface area contributed by atoms with E-state index in [4.69, 9.17) is 5.73 Å². The van der Waals surface area contributed by atoms with Crippen LogP contribution in [0.4, 0.5) is 17.1 Å². The highest BCUT2D eigenvalue weighted by molar-refractivity contribution is 6.35. The van der Waals surface area contributed by atoms with Crippen LogP contribution in [0.15, 0.2) is 72.8 Å². The van der Waals surface area contributed by atoms with E-state index in [0.717, 1.165) is 4.90 Å². The van der Waals surface area contributed by atoms with E-state index < -0.39 is 17.7 Å². The lowest BCUT2D eigenvalue weighted by molar-refractivity contribution is 0.0926. The molecule has 132 valence electrons. The number of carbonyl (C=O) groups excluding carboxylic acids is 3. The van der Waals surface area contributed by atoms with Crippen LogP contribution < -0.4 is 16.0 Å². The molecule has 0 bridgehead atoms. The third kappa shape index (κ3) is 2.83. The zero-order valence-corrected chi connectivity index (χ0v) is 14.2. The van der Waals surface area contributed by atoms with Gasteiger partial charge in [-0.25, -0.2) is 4.90 Å². The molecule has 1 aliphatic heterocycles. The Balaban J connectivity index is 1.71. The third-order valence-electron chi connectivity index (χ3n) is 4.33. The lowest BCUT2D eigenvalue weighted by atomic mass is 10.1. The zero-order valence-electron chi connectivity index (χ0n) is 14.2. The van der Waals surface area contributed by atoms with Crippen LogP contribution in [0.3, 0.4) is 0 Å². The van der Waals surface area contributed by atoms with Crippen molar-refractivity contribution in [2.75, 3.05) is 16.0 Å². The van der Waals surface area contributed by atoms with Gasteiger partial charge in [-0.05, 0) is 42.5 Å². The Morgan fingerprint density at radius 2 is 1.44 bits per heavy atom. The molecule has 1 aliphatic rings. The summed E-state index contributed by atoms with van der Waals surface area (Å²) < 4.78 is 0. The lowest BCUT2D eigenvalue weighted by Gasteiger charge is -2.18. The van der Waals surface area contributed by atoms with Crippen molar-refractivity contribution >= 4 is 34.8 Å². The number of nitrogens with one attached hydrogen (secondary N) is 1. The standard InChI is InChI=1S/C21H15N3O3/c22-13-6-5-7-14(12-13)23-19(25)17-10-3-4-11-18(17)24-20(26)15-8-1-2-9-16(15)21(24)27/h1-12H,22H2,(H,23,25). The number of fused-ring (bicyclic) bond motifs is 1. The number of anilines is 3. The van der Waals surface area contributed by atoms with Crippen molar-refractivity contribution in [3.8, 4) is 0 Å². The third-order valence-corrected chi connectivity index (χ3v) is 4.33. The highest BCUT2D eigenvalue weighted by Crippen LogP contribution is 2.31. The fourth-order valence-corrected chi connectivity index (χ4v) is 3.08. The molecule has 0 spiro atoms. The second-order valence-electron chi connectivity index (χ2n) is 6.09. The Morgan fingerprint density at radius 1 is 0.815 bits per heavy atom. The number of hydrogen-bond donors (Lipinski definition) is 2. The number of hydrogen-bond acceptors (Lipinski definition) is 4. The number of nitrogens with two attached hydrogens (primary N) is 1. The molecule has 0 radical (unpaired) electrons. The summed E-state index contributed by atoms with van der Waals surface area (Å²) in [5, 5.41) is 2.75. The minimum absolute atomic E-state index is 0.217. The molecule has 6 heteroatoms. The SMILES string of the molecule is Nc1cccc(NC(=O)c2ccccc2N2C(=O)c3ccccc3C2=O)c1. The largest absolute Gasteiger partial charge is 0.399 e. The summed E-state index contributed by atoms with van der Waals surface area (Å²) in [5.41, 5.74) is 7.89. The van der Waals surface area contributed by atoms with Crippen LogP contribution in [0.5, 0.6) is 0 Å². The summed E-state index contributed by atoms with van der Waals surface area (Å²) in [6.45, 7) is 0. The van der Waals surface area contributed by atoms with Crippen molar-refractivity contribution in [2.45, 2.75) is 0 Å². The second kappa shape index (κ2) is 6.42. The van der Waals surface area contributed by atoms with Crippen LogP contribution in [0.2, 0.25) is 0 Å². The molecule has 0 fully saturated rings. The Morgan fingerprint density at radius 3 is 2.11 bits per heavy atom. The first kappa shape index (κ1) is 16.5. The van der Waals surface area contributed by atoms with Crippen LogP contribution in [0.25, 0.3) is 0 Å². The van der Waals surface area contributed by atoms with Crippen molar-refractivity contribution in [1.82, 2.24) is 0 Å². The number of imide groups is 1. The molecule has 1 heterocycles. The van der Waals surface area contributed by atoms with Crippen LogP contribution in [0.1, 0.15) is 31.1 Å². The molecule has 6 nitrogen and oxygen atoms in total. The van der Waals surface area contributed by atoms with Gasteiger partial charge in [-0.2, -0.15) is 0 Å². The topological polar surface area (TPSA) is 92.5 Å². The maximum Gasteiger partial charge on any atom is 0.266 e. The second-order valence-corrected chi connectivity index (χ2v) is 6.09. The molecule has 3 amide bonds. The summed E-state index contributed by atoms with van der Waals surface area (Å²) in [7, 11) is 0. The fourth-order valence-electron chi connectivity index (χ4n) is 3.08. The van der Waals surface area contributed by atoms with E-state index in [1.165, 1.54) is 0 Å². The molecule has 0 unspecified atom stereocenters. The minimum atomic E-state index is -0.445. The van der Waals surface area contributed by atoms with Crippen LogP contribution in [0, 0.1) is 0 Å². The Labute approximate surface area is 155 Å². The first-order valence-electron chi connectivity index (χ1n) is 8.30. The van der Waals surface area contributed by atoms with Gasteiger partial charge in [0, 0.05) is 11.4 Å². The fraction of sp³-hybridized carbons (Fsp3) is 0. The Bertz CT molecular complexity index is 1060. The van der Waals surface area contributed by atoms with Gasteiger partial charge in [0.2, 0.25) is 0 Å². The first-order chi connectivity index (χ1) is 13.1. The van der Waals surface area contributed by atoms with E-state index >= 15 is 0 Å². The molecule has 0 saturated heterocycles. The van der Waals surface area contributed by atoms with E-state index in [2.05, 4.69) is 5.32 Å². The Kier molecular flexibility index (Phi) is 3.93. The summed E-state index contributed by atoms with van der Waals surface area (Å²) in [6.07, 6.45) is 0. The number of amides is 3. The highest BCUT2D eigenvalue weighted by atomic mass is 16.2. The molecule has 0 saturated carbocycles. The maximum absolute atomic E-state index is 12.8. The van der Waals surface area contributed by atoms with Crippen molar-refractivity contribution < 1.29 is 14.4 Å². The van der Waals surface area contributed by atoms with Gasteiger partial charge in [-0.15, -0.1) is 0 Å². The summed E-state index contributed by atoms with van der Waals surface area (Å²) in [5.74, 6) is -1.33. The number of carbonyl (C=O) groups is 3. The molecule has 0 aliphatic carbocycles. The average Bonchev–Trinajstić information content (AvgIpc) is 2.93. The van der Waals surface area contributed by atoms with E-state index in [1.54, 1.807) is 72.8 Å². The minimum Gasteiger partial charge on any atom is -0.399 e. The van der Waals surface area contributed by atoms with Gasteiger partial charge in [0.25, 0.3) is 17.7 Å². The van der Waals surface area contributed by atoms with Gasteiger partial charge in [0.05, 0.1) is 22.4 Å². The smallest absolute Gasteiger partial charge is 0.266 e. The van der Waals surface area contributed by atoms with Crippen LogP contribution in [-0.4, -0.2) is 17.7 Å². The molecule has 27 heavy (non-hydrogen) atoms. The number of rotatable bonds is 3. The van der Waals surface area contributed by atoms with Crippen molar-refractivity contribution in [3.63, 3.8) is 0 Å². The van der Waals surface area contributed by atoms with Gasteiger partial charge in [0.1, 0.15) is 0 Å². The summed E-state index contributed by atoms with van der Waals surface area (Å²) in [4.78, 5) is 39.3. The van der Waals surface area contributed by atoms with E-state index in [0.29, 0.717) is 22.5 Å². The van der Waals surface area contributed by atoms with Crippen molar-refractivity contribution in [1.29, 1.82) is 0 Å². The average molecular weight is 357 g/mol. The highest BCUT2D eigenvalue weighted by Gasteiger charge is 2.37. The maximum atomic E-state index is 12.8. The lowest BCUT2D eigenvalue weighted by Crippen LogP contribution is -2.31. The van der Waals surface area contributed by atoms with E-state index in [1.807, 2.05) is 0 Å². The van der Waals surface area contributed by atoms with Gasteiger partial charge < -0.3 is 11.1 Å². The molecule has 3 N–H and O–H groups in total. The van der Waals surface area contributed by atoms with Gasteiger partial charge in [-0.1, -0.05) is 30.3 Å². The first-order valence-corrected chi connectivity index (χ1v) is 8.30. The van der Waals surface area contributed by atoms with Gasteiger partial charge in [-0.3, -0.25) is 14.4 Å². The van der Waals surface area contributed by atoms with Gasteiger partial charge in [0.15, 0.2) is 0 Å². The van der Waals surface area contributed by atoms with Crippen LogP contribution in [-0.2, 0) is 0 Å². The predicted octanol–water partition coefficient (Wildman–Crippen LogP) is 3.32. The van der Waals surface area contributed by atoms with Crippen LogP contribution >= 0.6 is 0 Å². The van der Waals surface area contributed by atoms with Crippen molar-refractivity contribution in [3.05, 3.63) is 89.5 Å². The molecule has 0 atom stereocenters. The molecular weight excluding hydrogens is 342 g/mol. The molecule has 0 aromatic heterocycles. The summed E-state index contributed by atoms with van der Waals surface area (Å²) >= 11 is 0. The van der Waals surface area contributed by atoms with Gasteiger partial charge >= 0.3 is 0 Å². The zero-order chi connectivity index (χ0) is 19.0. The quantitative estimate of drug-likeness (QED) is 0.555. The molecule has 4 rings (SSSR count). The van der Waals surface area contributed by atoms with E-state index in [-0.39, 0.29) is 11.3 Å². The number of nitrogen functional groups attached to an aromatic ring is 1.